The van der Waals surface area contributed by atoms with E-state index < -0.39 is 10.0 Å². The first-order valence-corrected chi connectivity index (χ1v) is 14.5. The maximum absolute atomic E-state index is 13.0. The Labute approximate surface area is 238 Å². The highest BCUT2D eigenvalue weighted by Gasteiger charge is 2.29. The van der Waals surface area contributed by atoms with Crippen molar-refractivity contribution >= 4 is 97.2 Å². The monoisotopic (exact) mass is 617 g/mol. The average molecular weight is 619 g/mol. The second-order valence-corrected chi connectivity index (χ2v) is 11.9. The van der Waals surface area contributed by atoms with Crippen molar-refractivity contribution in [2.45, 2.75) is 23.1 Å². The standard InChI is InChI=1S/C23H19Cl4N5O3S2/c1-2-28-36-14-4-3-5-15(9-14)37(34,35)31-13-6-7-16(24)20(8-13)29-22-12-23(33)32(30-22)21-11-18(26)17(25)10-19(21)27/h3-11,28,31H,2,12H2,1H3,(H,29,30). The van der Waals surface area contributed by atoms with Gasteiger partial charge in [0.2, 0.25) is 0 Å². The third-order valence-electron chi connectivity index (χ3n) is 4.94. The summed E-state index contributed by atoms with van der Waals surface area (Å²) in [6, 6.07) is 14.0. The van der Waals surface area contributed by atoms with Crippen molar-refractivity contribution in [2.75, 3.05) is 16.3 Å². The van der Waals surface area contributed by atoms with Gasteiger partial charge >= 0.3 is 0 Å². The lowest BCUT2D eigenvalue weighted by Gasteiger charge is -2.18. The minimum Gasteiger partial charge on any atom is -0.280 e. The Hall–Kier alpha value is -2.18. The van der Waals surface area contributed by atoms with Crippen LogP contribution >= 0.6 is 58.4 Å². The Balaban J connectivity index is 1.56. The molecule has 3 N–H and O–H groups in total. The summed E-state index contributed by atoms with van der Waals surface area (Å²) in [6.45, 7) is 2.68. The van der Waals surface area contributed by atoms with E-state index in [1.54, 1.807) is 12.1 Å². The van der Waals surface area contributed by atoms with Crippen LogP contribution in [0, 0.1) is 0 Å². The van der Waals surface area contributed by atoms with Crippen molar-refractivity contribution < 1.29 is 13.2 Å². The summed E-state index contributed by atoms with van der Waals surface area (Å²) >= 11 is 26.0. The lowest BCUT2D eigenvalue weighted by atomic mass is 10.3. The molecule has 37 heavy (non-hydrogen) atoms. The molecule has 0 spiro atoms. The molecule has 0 aliphatic carbocycles. The summed E-state index contributed by atoms with van der Waals surface area (Å²) in [5.41, 5.74) is 3.70. The van der Waals surface area contributed by atoms with Gasteiger partial charge in [-0.25, -0.2) is 18.4 Å². The van der Waals surface area contributed by atoms with Crippen LogP contribution < -0.4 is 19.9 Å². The molecule has 1 aliphatic heterocycles. The zero-order chi connectivity index (χ0) is 26.7. The van der Waals surface area contributed by atoms with Gasteiger partial charge < -0.3 is 0 Å². The Bertz CT molecular complexity index is 1500. The molecule has 194 valence electrons. The van der Waals surface area contributed by atoms with E-state index in [0.29, 0.717) is 5.69 Å². The smallest absolute Gasteiger partial charge is 0.261 e. The van der Waals surface area contributed by atoms with Gasteiger partial charge in [-0.1, -0.05) is 59.4 Å². The SMILES string of the molecule is CCNSc1cccc(S(=O)(=O)Nc2ccc(Cl)c(N=C3CC(=O)N(c4cc(Cl)c(Cl)cc4Cl)N3)c2)c1. The fraction of sp³-hybridized carbons (Fsp3) is 0.130. The summed E-state index contributed by atoms with van der Waals surface area (Å²) in [6.07, 6.45) is -0.0703. The van der Waals surface area contributed by atoms with Crippen LogP contribution in [0.5, 0.6) is 0 Å². The number of benzene rings is 3. The number of carbonyl (C=O) groups is 1. The molecular formula is C23H19Cl4N5O3S2. The maximum atomic E-state index is 13.0. The van der Waals surface area contributed by atoms with Crippen LogP contribution in [0.3, 0.4) is 0 Å². The van der Waals surface area contributed by atoms with Gasteiger partial charge in [0, 0.05) is 11.4 Å². The molecule has 1 amide bonds. The van der Waals surface area contributed by atoms with Gasteiger partial charge in [-0.3, -0.25) is 19.7 Å². The van der Waals surface area contributed by atoms with Gasteiger partial charge in [0.05, 0.1) is 48.5 Å². The number of amides is 1. The van der Waals surface area contributed by atoms with E-state index in [-0.39, 0.29) is 54.5 Å². The molecule has 0 aromatic heterocycles. The lowest BCUT2D eigenvalue weighted by molar-refractivity contribution is -0.116. The number of hydrogen-bond donors (Lipinski definition) is 3. The quantitative estimate of drug-likeness (QED) is 0.192. The van der Waals surface area contributed by atoms with E-state index in [0.717, 1.165) is 11.4 Å². The molecule has 1 heterocycles. The van der Waals surface area contributed by atoms with E-state index in [1.807, 2.05) is 13.0 Å². The van der Waals surface area contributed by atoms with Gasteiger partial charge in [0.15, 0.2) is 0 Å². The van der Waals surface area contributed by atoms with Crippen molar-refractivity contribution in [3.63, 3.8) is 0 Å². The molecular weight excluding hydrogens is 600 g/mol. The topological polar surface area (TPSA) is 103 Å². The summed E-state index contributed by atoms with van der Waals surface area (Å²) < 4.78 is 31.6. The van der Waals surface area contributed by atoms with Crippen molar-refractivity contribution in [1.29, 1.82) is 0 Å². The first-order chi connectivity index (χ1) is 17.6. The van der Waals surface area contributed by atoms with Crippen molar-refractivity contribution in [1.82, 2.24) is 10.1 Å². The number of halogens is 4. The van der Waals surface area contributed by atoms with Crippen LogP contribution in [0.25, 0.3) is 0 Å². The molecule has 0 saturated carbocycles. The van der Waals surface area contributed by atoms with Gasteiger partial charge in [-0.15, -0.1) is 0 Å². The normalized spacial score (nSPS) is 14.8. The number of hydrazine groups is 1. The molecule has 0 bridgehead atoms. The van der Waals surface area contributed by atoms with Gasteiger partial charge in [0.25, 0.3) is 15.9 Å². The van der Waals surface area contributed by atoms with Crippen LogP contribution in [-0.4, -0.2) is 26.7 Å². The number of aliphatic imine (C=N–C) groups is 1. The van der Waals surface area contributed by atoms with Gasteiger partial charge in [0.1, 0.15) is 5.84 Å². The molecule has 8 nitrogen and oxygen atoms in total. The first-order valence-electron chi connectivity index (χ1n) is 10.7. The number of nitrogens with one attached hydrogen (secondary N) is 3. The van der Waals surface area contributed by atoms with Crippen LogP contribution in [0.2, 0.25) is 20.1 Å². The number of hydrogen-bond acceptors (Lipinski definition) is 6. The summed E-state index contributed by atoms with van der Waals surface area (Å²) in [5.74, 6) is -0.0514. The number of carbonyl (C=O) groups excluding carboxylic acids is 1. The first kappa shape index (κ1) is 27.8. The van der Waals surface area contributed by atoms with E-state index >= 15 is 0 Å². The molecule has 0 atom stereocenters. The fourth-order valence-corrected chi connectivity index (χ4v) is 5.88. The minimum atomic E-state index is -3.88. The van der Waals surface area contributed by atoms with Crippen LogP contribution in [0.4, 0.5) is 17.1 Å². The van der Waals surface area contributed by atoms with Crippen LogP contribution in [0.15, 0.2) is 69.4 Å². The van der Waals surface area contributed by atoms with E-state index in [9.17, 15) is 13.2 Å². The minimum absolute atomic E-state index is 0.0703. The zero-order valence-corrected chi connectivity index (χ0v) is 23.7. The molecule has 14 heteroatoms. The number of anilines is 2. The Kier molecular flexibility index (Phi) is 8.80. The third-order valence-corrected chi connectivity index (χ3v) is 8.59. The third kappa shape index (κ3) is 6.64. The predicted octanol–water partition coefficient (Wildman–Crippen LogP) is 6.69. The van der Waals surface area contributed by atoms with Crippen LogP contribution in [-0.2, 0) is 14.8 Å². The van der Waals surface area contributed by atoms with Crippen molar-refractivity contribution in [2.24, 2.45) is 4.99 Å². The highest BCUT2D eigenvalue weighted by atomic mass is 35.5. The van der Waals surface area contributed by atoms with E-state index in [2.05, 4.69) is 19.9 Å². The highest BCUT2D eigenvalue weighted by Crippen LogP contribution is 2.36. The van der Waals surface area contributed by atoms with Crippen LogP contribution in [0.1, 0.15) is 13.3 Å². The molecule has 1 saturated heterocycles. The second kappa shape index (κ2) is 11.7. The molecule has 3 aromatic carbocycles. The van der Waals surface area contributed by atoms with Gasteiger partial charge in [-0.2, -0.15) is 0 Å². The van der Waals surface area contributed by atoms with Crippen molar-refractivity contribution in [3.05, 3.63) is 74.7 Å². The largest absolute Gasteiger partial charge is 0.280 e. The summed E-state index contributed by atoms with van der Waals surface area (Å²) in [4.78, 5) is 17.9. The number of sulfonamides is 1. The predicted molar refractivity (Wildman–Crippen MR) is 152 cm³/mol. The van der Waals surface area contributed by atoms with Gasteiger partial charge in [-0.05, 0) is 60.5 Å². The Morgan fingerprint density at radius 1 is 1.00 bits per heavy atom. The molecule has 3 aromatic rings. The summed E-state index contributed by atoms with van der Waals surface area (Å²) in [5, 5.41) is 2.18. The molecule has 1 fully saturated rings. The number of nitrogens with zero attached hydrogens (tertiary/aromatic N) is 2. The Morgan fingerprint density at radius 3 is 2.51 bits per heavy atom. The number of amidine groups is 1. The zero-order valence-electron chi connectivity index (χ0n) is 19.1. The summed E-state index contributed by atoms with van der Waals surface area (Å²) in [7, 11) is -3.88. The average Bonchev–Trinajstić information content (AvgIpc) is 3.21. The lowest BCUT2D eigenvalue weighted by Crippen LogP contribution is -2.36. The highest BCUT2D eigenvalue weighted by molar-refractivity contribution is 7.97. The molecule has 0 radical (unpaired) electrons. The second-order valence-electron chi connectivity index (χ2n) is 7.64. The molecule has 0 unspecified atom stereocenters. The molecule has 4 rings (SSSR count). The molecule has 1 aliphatic rings. The van der Waals surface area contributed by atoms with Crippen molar-refractivity contribution in [3.8, 4) is 0 Å². The van der Waals surface area contributed by atoms with E-state index in [4.69, 9.17) is 46.4 Å². The number of rotatable bonds is 8. The fourth-order valence-electron chi connectivity index (χ4n) is 3.28. The van der Waals surface area contributed by atoms with E-state index in [1.165, 1.54) is 53.4 Å². The Morgan fingerprint density at radius 2 is 1.76 bits per heavy atom. The maximum Gasteiger partial charge on any atom is 0.261 e.